The van der Waals surface area contributed by atoms with Crippen molar-refractivity contribution in [1.29, 1.82) is 0 Å². The fraction of sp³-hybridized carbons (Fsp3) is 0.517. The summed E-state index contributed by atoms with van der Waals surface area (Å²) < 4.78 is 13.8. The van der Waals surface area contributed by atoms with E-state index in [0.717, 1.165) is 54.8 Å². The summed E-state index contributed by atoms with van der Waals surface area (Å²) in [7, 11) is 0. The van der Waals surface area contributed by atoms with Gasteiger partial charge >= 0.3 is 0 Å². The van der Waals surface area contributed by atoms with Crippen molar-refractivity contribution in [2.24, 2.45) is 0 Å². The molecule has 0 radical (unpaired) electrons. The number of nitrogens with zero attached hydrogens (tertiary/aromatic N) is 3. The van der Waals surface area contributed by atoms with Crippen LogP contribution in [0.5, 0.6) is 5.75 Å². The first-order chi connectivity index (χ1) is 17.5. The molecule has 0 saturated carbocycles. The average Bonchev–Trinajstić information content (AvgIpc) is 3.26. The second-order valence-corrected chi connectivity index (χ2v) is 10.4. The second kappa shape index (κ2) is 11.0. The van der Waals surface area contributed by atoms with Gasteiger partial charge in [-0.1, -0.05) is 43.7 Å². The number of ether oxygens (including phenoxy) is 2. The predicted molar refractivity (Wildman–Crippen MR) is 141 cm³/mol. The van der Waals surface area contributed by atoms with Gasteiger partial charge in [0.1, 0.15) is 12.4 Å². The molecule has 192 valence electrons. The molecule has 0 aliphatic carbocycles. The van der Waals surface area contributed by atoms with E-state index in [1.54, 1.807) is 0 Å². The van der Waals surface area contributed by atoms with Crippen LogP contribution in [0.4, 0.5) is 0 Å². The first kappa shape index (κ1) is 24.8. The molecule has 3 atom stereocenters. The summed E-state index contributed by atoms with van der Waals surface area (Å²) in [6, 6.07) is 17.0. The summed E-state index contributed by atoms with van der Waals surface area (Å²) >= 11 is 0. The average molecular weight is 491 g/mol. The highest BCUT2D eigenvalue weighted by Crippen LogP contribution is 2.30. The Kier molecular flexibility index (Phi) is 7.58. The molecule has 1 N–H and O–H groups in total. The van der Waals surface area contributed by atoms with Gasteiger partial charge in [0.25, 0.3) is 5.91 Å². The molecule has 2 fully saturated rings. The Labute approximate surface area is 213 Å². The molecule has 7 nitrogen and oxygen atoms in total. The summed E-state index contributed by atoms with van der Waals surface area (Å²) in [6.45, 7) is 9.50. The Morgan fingerprint density at radius 2 is 1.89 bits per heavy atom. The summed E-state index contributed by atoms with van der Waals surface area (Å²) in [6.07, 6.45) is 4.23. The Balaban J connectivity index is 1.34. The molecular formula is C29H38N4O3. The van der Waals surface area contributed by atoms with Gasteiger partial charge < -0.3 is 14.8 Å². The number of amides is 1. The minimum absolute atomic E-state index is 0.106. The van der Waals surface area contributed by atoms with Gasteiger partial charge in [-0.3, -0.25) is 14.4 Å². The monoisotopic (exact) mass is 490 g/mol. The van der Waals surface area contributed by atoms with Gasteiger partial charge in [0.05, 0.1) is 18.7 Å². The lowest BCUT2D eigenvalue weighted by Gasteiger charge is -2.48. The van der Waals surface area contributed by atoms with Crippen molar-refractivity contribution >= 4 is 16.8 Å². The van der Waals surface area contributed by atoms with Gasteiger partial charge in [-0.25, -0.2) is 0 Å². The van der Waals surface area contributed by atoms with Crippen LogP contribution in [0.15, 0.2) is 48.5 Å². The summed E-state index contributed by atoms with van der Waals surface area (Å²) in [5.74, 6) is 0.630. The Bertz CT molecular complexity index is 1160. The molecule has 2 aliphatic rings. The van der Waals surface area contributed by atoms with E-state index in [4.69, 9.17) is 14.6 Å². The van der Waals surface area contributed by atoms with Gasteiger partial charge in [-0.15, -0.1) is 0 Å². The molecule has 5 rings (SSSR count). The standard InChI is InChI=1S/C29H38N4O3/c1-4-5-13-32-23-14-22(15-24(32)19-35-18-23)30-29(34)28-26-16-25(36-17-21-9-7-6-8-10-21)11-12-27(26)33(31-28)20(2)3/h6-12,16,20,22-24H,4-5,13-15,17-19H2,1-3H3,(H,30,34)/t22-,23-,24+. The van der Waals surface area contributed by atoms with Crippen molar-refractivity contribution in [2.75, 3.05) is 19.8 Å². The van der Waals surface area contributed by atoms with Crippen LogP contribution in [0.3, 0.4) is 0 Å². The highest BCUT2D eigenvalue weighted by atomic mass is 16.5. The number of aromatic nitrogens is 2. The van der Waals surface area contributed by atoms with Crippen LogP contribution in [0, 0.1) is 0 Å². The molecule has 0 unspecified atom stereocenters. The topological polar surface area (TPSA) is 68.6 Å². The van der Waals surface area contributed by atoms with Crippen molar-refractivity contribution < 1.29 is 14.3 Å². The van der Waals surface area contributed by atoms with Gasteiger partial charge in [0.15, 0.2) is 5.69 Å². The van der Waals surface area contributed by atoms with Crippen molar-refractivity contribution in [1.82, 2.24) is 20.0 Å². The normalized spacial score (nSPS) is 22.2. The van der Waals surface area contributed by atoms with Crippen LogP contribution in [0.25, 0.3) is 10.9 Å². The van der Waals surface area contributed by atoms with Gasteiger partial charge in [0.2, 0.25) is 0 Å². The van der Waals surface area contributed by atoms with Gasteiger partial charge in [-0.05, 0) is 63.4 Å². The summed E-state index contributed by atoms with van der Waals surface area (Å²) in [5, 5.41) is 8.91. The number of morpholine rings is 1. The van der Waals surface area contributed by atoms with Crippen LogP contribution in [0.2, 0.25) is 0 Å². The third kappa shape index (κ3) is 5.27. The van der Waals surface area contributed by atoms with Crippen LogP contribution in [-0.2, 0) is 11.3 Å². The zero-order valence-corrected chi connectivity index (χ0v) is 21.7. The maximum absolute atomic E-state index is 13.6. The molecule has 2 saturated heterocycles. The predicted octanol–water partition coefficient (Wildman–Crippen LogP) is 4.96. The molecule has 2 aromatic carbocycles. The number of carbonyl (C=O) groups excluding carboxylic acids is 1. The number of carbonyl (C=O) groups is 1. The highest BCUT2D eigenvalue weighted by molar-refractivity contribution is 6.05. The van der Waals surface area contributed by atoms with E-state index in [1.165, 1.54) is 12.8 Å². The largest absolute Gasteiger partial charge is 0.489 e. The smallest absolute Gasteiger partial charge is 0.272 e. The zero-order chi connectivity index (χ0) is 25.1. The number of unbranched alkanes of at least 4 members (excludes halogenated alkanes) is 1. The van der Waals surface area contributed by atoms with Gasteiger partial charge in [0, 0.05) is 29.6 Å². The maximum atomic E-state index is 13.6. The number of fused-ring (bicyclic) bond motifs is 3. The molecule has 1 aromatic heterocycles. The fourth-order valence-corrected chi connectivity index (χ4v) is 5.58. The van der Waals surface area contributed by atoms with E-state index in [9.17, 15) is 4.79 Å². The lowest BCUT2D eigenvalue weighted by molar-refractivity contribution is -0.0802. The summed E-state index contributed by atoms with van der Waals surface area (Å²) in [5.41, 5.74) is 2.52. The van der Waals surface area contributed by atoms with E-state index < -0.39 is 0 Å². The van der Waals surface area contributed by atoms with Crippen LogP contribution in [-0.4, -0.2) is 58.5 Å². The fourth-order valence-electron chi connectivity index (χ4n) is 5.58. The molecule has 1 amide bonds. The lowest BCUT2D eigenvalue weighted by atomic mass is 9.89. The third-order valence-electron chi connectivity index (χ3n) is 7.41. The first-order valence-electron chi connectivity index (χ1n) is 13.4. The van der Waals surface area contributed by atoms with E-state index >= 15 is 0 Å². The molecule has 3 heterocycles. The molecule has 36 heavy (non-hydrogen) atoms. The van der Waals surface area contributed by atoms with E-state index in [0.29, 0.717) is 24.4 Å². The van der Waals surface area contributed by atoms with E-state index in [2.05, 4.69) is 31.0 Å². The summed E-state index contributed by atoms with van der Waals surface area (Å²) in [4.78, 5) is 16.2. The Morgan fingerprint density at radius 3 is 2.58 bits per heavy atom. The minimum Gasteiger partial charge on any atom is -0.489 e. The Morgan fingerprint density at radius 1 is 1.14 bits per heavy atom. The molecule has 3 aromatic rings. The zero-order valence-electron chi connectivity index (χ0n) is 21.7. The number of hydrogen-bond donors (Lipinski definition) is 1. The third-order valence-corrected chi connectivity index (χ3v) is 7.41. The number of hydrogen-bond acceptors (Lipinski definition) is 5. The lowest BCUT2D eigenvalue weighted by Crippen LogP contribution is -2.60. The maximum Gasteiger partial charge on any atom is 0.272 e. The van der Waals surface area contributed by atoms with Crippen molar-refractivity contribution in [2.45, 2.75) is 77.2 Å². The van der Waals surface area contributed by atoms with E-state index in [1.807, 2.05) is 53.2 Å². The Hall–Kier alpha value is -2.90. The highest BCUT2D eigenvalue weighted by Gasteiger charge is 2.39. The number of piperidine rings is 1. The number of rotatable bonds is 9. The van der Waals surface area contributed by atoms with Gasteiger partial charge in [-0.2, -0.15) is 5.10 Å². The number of benzene rings is 2. The second-order valence-electron chi connectivity index (χ2n) is 10.4. The molecule has 0 spiro atoms. The molecule has 2 bridgehead atoms. The molecule has 2 aliphatic heterocycles. The first-order valence-corrected chi connectivity index (χ1v) is 13.4. The van der Waals surface area contributed by atoms with Crippen molar-refractivity contribution in [3.8, 4) is 5.75 Å². The quantitative estimate of drug-likeness (QED) is 0.459. The van der Waals surface area contributed by atoms with Crippen molar-refractivity contribution in [3.63, 3.8) is 0 Å². The van der Waals surface area contributed by atoms with Crippen LogP contribution in [0.1, 0.15) is 68.5 Å². The minimum atomic E-state index is -0.106. The molecular weight excluding hydrogens is 452 g/mol. The van der Waals surface area contributed by atoms with Crippen LogP contribution < -0.4 is 10.1 Å². The SMILES string of the molecule is CCCCN1[C@@H]2COC[C@H]1C[C@@H](NC(=O)c1nn(C(C)C)c3ccc(OCc4ccccc4)cc13)C2. The number of nitrogens with one attached hydrogen (secondary N) is 1. The van der Waals surface area contributed by atoms with E-state index in [-0.39, 0.29) is 18.0 Å². The van der Waals surface area contributed by atoms with Crippen LogP contribution >= 0.6 is 0 Å². The molecule has 7 heteroatoms. The van der Waals surface area contributed by atoms with Crippen molar-refractivity contribution in [3.05, 3.63) is 59.8 Å².